The van der Waals surface area contributed by atoms with E-state index in [1.165, 1.54) is 6.92 Å². The molecule has 0 bridgehead atoms. The van der Waals surface area contributed by atoms with E-state index in [1.807, 2.05) is 18.2 Å². The highest BCUT2D eigenvalue weighted by molar-refractivity contribution is 5.53. The van der Waals surface area contributed by atoms with Crippen molar-refractivity contribution in [1.29, 1.82) is 0 Å². The lowest BCUT2D eigenvalue weighted by Gasteiger charge is -2.28. The molecular formula is C19H17F3O2. The van der Waals surface area contributed by atoms with Gasteiger partial charge in [-0.25, -0.2) is 0 Å². The number of hydrogen-bond acceptors (Lipinski definition) is 2. The number of rotatable bonds is 3. The van der Waals surface area contributed by atoms with Crippen LogP contribution in [-0.4, -0.2) is 12.0 Å². The van der Waals surface area contributed by atoms with Crippen molar-refractivity contribution in [2.45, 2.75) is 31.4 Å². The van der Waals surface area contributed by atoms with Crippen LogP contribution in [0.25, 0.3) is 6.08 Å². The van der Waals surface area contributed by atoms with Gasteiger partial charge in [-0.1, -0.05) is 67.6 Å². The van der Waals surface area contributed by atoms with Gasteiger partial charge < -0.3 is 9.47 Å². The minimum Gasteiger partial charge on any atom is -0.454 e. The zero-order chi connectivity index (χ0) is 17.2. The Morgan fingerprint density at radius 1 is 1.00 bits per heavy atom. The highest BCUT2D eigenvalue weighted by Gasteiger charge is 2.63. The average Bonchev–Trinajstić information content (AvgIpc) is 2.96. The first-order valence-corrected chi connectivity index (χ1v) is 7.70. The van der Waals surface area contributed by atoms with Crippen molar-refractivity contribution in [3.63, 3.8) is 0 Å². The molecule has 0 radical (unpaired) electrons. The lowest BCUT2D eigenvalue weighted by atomic mass is 10.1. The third-order valence-electron chi connectivity index (χ3n) is 3.96. The molecule has 1 fully saturated rings. The maximum absolute atomic E-state index is 13.5. The summed E-state index contributed by atoms with van der Waals surface area (Å²) in [6.07, 6.45) is -4.25. The Kier molecular flexibility index (Phi) is 4.37. The molecule has 2 aromatic carbocycles. The second-order valence-corrected chi connectivity index (χ2v) is 5.57. The number of halogens is 3. The van der Waals surface area contributed by atoms with Crippen LogP contribution in [0.5, 0.6) is 0 Å². The van der Waals surface area contributed by atoms with Crippen LogP contribution in [0, 0.1) is 0 Å². The molecule has 1 aliphatic rings. The van der Waals surface area contributed by atoms with Crippen LogP contribution >= 0.6 is 0 Å². The lowest BCUT2D eigenvalue weighted by molar-refractivity contribution is -0.346. The van der Waals surface area contributed by atoms with Crippen molar-refractivity contribution in [2.75, 3.05) is 0 Å². The van der Waals surface area contributed by atoms with Crippen molar-refractivity contribution in [3.05, 3.63) is 77.5 Å². The summed E-state index contributed by atoms with van der Waals surface area (Å²) in [5.74, 6) is -2.46. The first-order chi connectivity index (χ1) is 11.5. The van der Waals surface area contributed by atoms with Gasteiger partial charge in [0.2, 0.25) is 0 Å². The molecule has 2 aromatic rings. The van der Waals surface area contributed by atoms with Crippen molar-refractivity contribution < 1.29 is 22.6 Å². The van der Waals surface area contributed by atoms with Crippen LogP contribution in [0.4, 0.5) is 13.2 Å². The van der Waals surface area contributed by atoms with E-state index in [2.05, 4.69) is 0 Å². The predicted molar refractivity (Wildman–Crippen MR) is 84.8 cm³/mol. The SMILES string of the molecule is CCC1(C(F)(F)F)O/C(=C\c2ccccc2)C(c2ccccc2)O1. The second kappa shape index (κ2) is 6.32. The van der Waals surface area contributed by atoms with Crippen LogP contribution in [0.1, 0.15) is 30.6 Å². The summed E-state index contributed by atoms with van der Waals surface area (Å²) >= 11 is 0. The molecule has 1 saturated heterocycles. The molecule has 0 N–H and O–H groups in total. The van der Waals surface area contributed by atoms with Gasteiger partial charge in [0.25, 0.3) is 0 Å². The molecule has 1 heterocycles. The molecule has 0 saturated carbocycles. The van der Waals surface area contributed by atoms with Crippen molar-refractivity contribution in [2.24, 2.45) is 0 Å². The molecular weight excluding hydrogens is 317 g/mol. The zero-order valence-electron chi connectivity index (χ0n) is 13.1. The van der Waals surface area contributed by atoms with E-state index >= 15 is 0 Å². The summed E-state index contributed by atoms with van der Waals surface area (Å²) in [4.78, 5) is 0. The Morgan fingerprint density at radius 2 is 1.58 bits per heavy atom. The van der Waals surface area contributed by atoms with Crippen LogP contribution < -0.4 is 0 Å². The Balaban J connectivity index is 2.05. The van der Waals surface area contributed by atoms with Gasteiger partial charge in [-0.3, -0.25) is 0 Å². The minimum atomic E-state index is -4.62. The fourth-order valence-electron chi connectivity index (χ4n) is 2.68. The Labute approximate surface area is 138 Å². The maximum Gasteiger partial charge on any atom is 0.455 e. The van der Waals surface area contributed by atoms with E-state index in [0.29, 0.717) is 5.56 Å². The van der Waals surface area contributed by atoms with Gasteiger partial charge in [0.1, 0.15) is 11.9 Å². The van der Waals surface area contributed by atoms with Gasteiger partial charge in [0.05, 0.1) is 0 Å². The quantitative estimate of drug-likeness (QED) is 0.739. The van der Waals surface area contributed by atoms with Gasteiger partial charge in [0, 0.05) is 6.42 Å². The van der Waals surface area contributed by atoms with E-state index in [1.54, 1.807) is 48.5 Å². The summed E-state index contributed by atoms with van der Waals surface area (Å²) in [6, 6.07) is 17.9. The van der Waals surface area contributed by atoms with E-state index in [4.69, 9.17) is 9.47 Å². The van der Waals surface area contributed by atoms with E-state index in [0.717, 1.165) is 5.56 Å². The zero-order valence-corrected chi connectivity index (χ0v) is 13.1. The maximum atomic E-state index is 13.5. The second-order valence-electron chi connectivity index (χ2n) is 5.57. The third kappa shape index (κ3) is 3.04. The van der Waals surface area contributed by atoms with Crippen molar-refractivity contribution >= 4 is 6.08 Å². The molecule has 0 aromatic heterocycles. The third-order valence-corrected chi connectivity index (χ3v) is 3.96. The summed E-state index contributed by atoms with van der Waals surface area (Å²) in [6.45, 7) is 1.40. The predicted octanol–water partition coefficient (Wildman–Crippen LogP) is 5.48. The molecule has 0 aliphatic carbocycles. The molecule has 0 spiro atoms. The fourth-order valence-corrected chi connectivity index (χ4v) is 2.68. The molecule has 2 atom stereocenters. The molecule has 24 heavy (non-hydrogen) atoms. The summed E-state index contributed by atoms with van der Waals surface area (Å²) in [7, 11) is 0. The minimum absolute atomic E-state index is 0.159. The first-order valence-electron chi connectivity index (χ1n) is 7.70. The van der Waals surface area contributed by atoms with Crippen molar-refractivity contribution in [3.8, 4) is 0 Å². The smallest absolute Gasteiger partial charge is 0.454 e. The monoisotopic (exact) mass is 334 g/mol. The van der Waals surface area contributed by atoms with Crippen LogP contribution in [0.2, 0.25) is 0 Å². The normalized spacial score (nSPS) is 25.7. The van der Waals surface area contributed by atoms with E-state index in [-0.39, 0.29) is 12.2 Å². The average molecular weight is 334 g/mol. The first kappa shape index (κ1) is 16.6. The van der Waals surface area contributed by atoms with Crippen LogP contribution in [0.3, 0.4) is 0 Å². The Morgan fingerprint density at radius 3 is 2.12 bits per heavy atom. The topological polar surface area (TPSA) is 18.5 Å². The largest absolute Gasteiger partial charge is 0.455 e. The summed E-state index contributed by atoms with van der Waals surface area (Å²) in [5.41, 5.74) is 1.38. The lowest BCUT2D eigenvalue weighted by Crippen LogP contribution is -2.45. The van der Waals surface area contributed by atoms with Gasteiger partial charge in [-0.2, -0.15) is 13.2 Å². The van der Waals surface area contributed by atoms with Crippen LogP contribution in [0.15, 0.2) is 66.4 Å². The highest BCUT2D eigenvalue weighted by Crippen LogP contribution is 2.50. The molecule has 126 valence electrons. The molecule has 2 unspecified atom stereocenters. The number of alkyl halides is 3. The fraction of sp³-hybridized carbons (Fsp3) is 0.263. The molecule has 0 amide bonds. The van der Waals surface area contributed by atoms with Gasteiger partial charge in [0.15, 0.2) is 0 Å². The summed E-state index contributed by atoms with van der Waals surface area (Å²) < 4.78 is 51.4. The molecule has 2 nitrogen and oxygen atoms in total. The van der Waals surface area contributed by atoms with Crippen LogP contribution in [-0.2, 0) is 9.47 Å². The molecule has 3 rings (SSSR count). The number of benzene rings is 2. The summed E-state index contributed by atoms with van der Waals surface area (Å²) in [5, 5.41) is 0. The van der Waals surface area contributed by atoms with Crippen molar-refractivity contribution in [1.82, 2.24) is 0 Å². The number of ether oxygens (including phenoxy) is 2. The molecule has 5 heteroatoms. The van der Waals surface area contributed by atoms with Gasteiger partial charge in [-0.15, -0.1) is 0 Å². The Bertz CT molecular complexity index is 710. The standard InChI is InChI=1S/C19H17F3O2/c1-2-18(19(20,21)22)23-16(13-14-9-5-3-6-10-14)17(24-18)15-11-7-4-8-12-15/h3-13,17H,2H2,1H3/b16-13-. The number of hydrogen-bond donors (Lipinski definition) is 0. The Hall–Kier alpha value is -2.27. The molecule has 1 aliphatic heterocycles. The highest BCUT2D eigenvalue weighted by atomic mass is 19.4. The van der Waals surface area contributed by atoms with E-state index in [9.17, 15) is 13.2 Å². The van der Waals surface area contributed by atoms with E-state index < -0.39 is 18.1 Å². The van der Waals surface area contributed by atoms with Gasteiger partial charge in [-0.05, 0) is 17.2 Å². The van der Waals surface area contributed by atoms with Gasteiger partial charge >= 0.3 is 12.0 Å².